The summed E-state index contributed by atoms with van der Waals surface area (Å²) in [7, 11) is 1.87. The van der Waals surface area contributed by atoms with Crippen LogP contribution in [0.15, 0.2) is 48.7 Å². The number of para-hydroxylation sites is 1. The molecule has 0 spiro atoms. The number of anilines is 2. The lowest BCUT2D eigenvalue weighted by Gasteiger charge is -2.20. The second-order valence-electron chi connectivity index (χ2n) is 6.05. The Morgan fingerprint density at radius 3 is 2.52 bits per heavy atom. The minimum absolute atomic E-state index is 0.0767. The average molecular weight is 343 g/mol. The van der Waals surface area contributed by atoms with Crippen molar-refractivity contribution in [3.8, 4) is 0 Å². The lowest BCUT2D eigenvalue weighted by atomic mass is 10.1. The zero-order valence-corrected chi connectivity index (χ0v) is 13.7. The fourth-order valence-electron chi connectivity index (χ4n) is 2.80. The number of nitrogens with zero attached hydrogens (tertiary/aromatic N) is 3. The van der Waals surface area contributed by atoms with Gasteiger partial charge in [0.05, 0.1) is 12.1 Å². The molecule has 1 unspecified atom stereocenters. The molecule has 7 heteroatoms. The summed E-state index contributed by atoms with van der Waals surface area (Å²) in [4.78, 5) is 30.8. The molecule has 1 aromatic heterocycles. The summed E-state index contributed by atoms with van der Waals surface area (Å²) in [5.74, 6) is -1.28. The molecule has 0 radical (unpaired) electrons. The van der Waals surface area contributed by atoms with Crippen molar-refractivity contribution in [2.45, 2.75) is 12.1 Å². The molecule has 1 aliphatic heterocycles. The van der Waals surface area contributed by atoms with Crippen molar-refractivity contribution in [3.63, 3.8) is 0 Å². The number of pyridine rings is 1. The van der Waals surface area contributed by atoms with Crippen molar-refractivity contribution in [1.29, 1.82) is 0 Å². The lowest BCUT2D eigenvalue weighted by Crippen LogP contribution is -2.38. The molecule has 0 saturated carbocycles. The molecule has 0 bridgehead atoms. The number of benzene rings is 1. The largest absolute Gasteiger partial charge is 0.479 e. The minimum Gasteiger partial charge on any atom is -0.479 e. The van der Waals surface area contributed by atoms with E-state index in [2.05, 4.69) is 4.98 Å². The van der Waals surface area contributed by atoms with Crippen molar-refractivity contribution in [2.24, 2.45) is 0 Å². The van der Waals surface area contributed by atoms with Gasteiger partial charge in [-0.3, -0.25) is 4.79 Å². The predicted octanol–water partition coefficient (Wildman–Crippen LogP) is 2.49. The average Bonchev–Trinajstić information content (AvgIpc) is 3.05. The van der Waals surface area contributed by atoms with Crippen LogP contribution in [0.1, 0.15) is 16.8 Å². The Bertz CT molecular complexity index is 782. The van der Waals surface area contributed by atoms with Gasteiger partial charge in [-0.2, -0.15) is 0 Å². The van der Waals surface area contributed by atoms with Gasteiger partial charge in [0.1, 0.15) is 5.82 Å². The van der Waals surface area contributed by atoms with Crippen molar-refractivity contribution in [2.75, 3.05) is 25.0 Å². The van der Waals surface area contributed by atoms with Gasteiger partial charge in [0.25, 0.3) is 5.91 Å². The Hall–Kier alpha value is -2.96. The number of likely N-dealkylation sites (tertiary alicyclic amines) is 1. The Labute approximate surface area is 144 Å². The quantitative estimate of drug-likeness (QED) is 0.923. The van der Waals surface area contributed by atoms with Gasteiger partial charge in [-0.05, 0) is 24.3 Å². The van der Waals surface area contributed by atoms with Gasteiger partial charge >= 0.3 is 5.97 Å². The molecule has 1 amide bonds. The van der Waals surface area contributed by atoms with Crippen LogP contribution >= 0.6 is 0 Å². The van der Waals surface area contributed by atoms with Crippen LogP contribution in [-0.4, -0.2) is 52.7 Å². The van der Waals surface area contributed by atoms with Crippen molar-refractivity contribution in [3.05, 3.63) is 54.2 Å². The zero-order chi connectivity index (χ0) is 18.0. The molecule has 6 nitrogen and oxygen atoms in total. The number of carboxylic acid groups (broad SMARTS) is 1. The van der Waals surface area contributed by atoms with Gasteiger partial charge in [-0.15, -0.1) is 0 Å². The fourth-order valence-corrected chi connectivity index (χ4v) is 2.80. The molecule has 1 aliphatic rings. The first kappa shape index (κ1) is 16.9. The molecule has 1 N–H and O–H groups in total. The molecule has 1 aromatic carbocycles. The highest BCUT2D eigenvalue weighted by atomic mass is 19.1. The first-order chi connectivity index (χ1) is 11.9. The number of carboxylic acids is 1. The van der Waals surface area contributed by atoms with E-state index in [1.807, 2.05) is 42.3 Å². The third-order valence-electron chi connectivity index (χ3n) is 4.37. The summed E-state index contributed by atoms with van der Waals surface area (Å²) in [5.41, 5.74) is -1.10. The first-order valence-electron chi connectivity index (χ1n) is 7.87. The second kappa shape index (κ2) is 6.51. The highest BCUT2D eigenvalue weighted by Crippen LogP contribution is 2.27. The second-order valence-corrected chi connectivity index (χ2v) is 6.05. The Morgan fingerprint density at radius 1 is 1.24 bits per heavy atom. The standard InChI is InChI=1S/C18H18FN3O3/c1-21(14-5-3-2-4-6-14)15-8-7-13(11-20-15)16(23)22-10-9-18(19,12-22)17(24)25/h2-8,11H,9-10,12H2,1H3,(H,24,25). The number of alkyl halides is 1. The van der Waals surface area contributed by atoms with Crippen LogP contribution in [0.4, 0.5) is 15.9 Å². The summed E-state index contributed by atoms with van der Waals surface area (Å²) in [6, 6.07) is 13.0. The molecule has 1 saturated heterocycles. The molecule has 3 rings (SSSR count). The van der Waals surface area contributed by atoms with E-state index in [0.717, 1.165) is 5.69 Å². The zero-order valence-electron chi connectivity index (χ0n) is 13.7. The van der Waals surface area contributed by atoms with Crippen LogP contribution in [0.3, 0.4) is 0 Å². The van der Waals surface area contributed by atoms with Gasteiger partial charge in [0.2, 0.25) is 5.67 Å². The van der Waals surface area contributed by atoms with E-state index < -0.39 is 24.1 Å². The molecule has 2 aromatic rings. The Kier molecular flexibility index (Phi) is 4.39. The summed E-state index contributed by atoms with van der Waals surface area (Å²) in [6.45, 7) is -0.361. The maximum absolute atomic E-state index is 14.1. The van der Waals surface area contributed by atoms with E-state index in [1.165, 1.54) is 11.1 Å². The van der Waals surface area contributed by atoms with E-state index >= 15 is 0 Å². The molecule has 0 aliphatic carbocycles. The van der Waals surface area contributed by atoms with E-state index in [9.17, 15) is 14.0 Å². The normalized spacial score (nSPS) is 19.7. The van der Waals surface area contributed by atoms with Crippen LogP contribution in [0.5, 0.6) is 0 Å². The van der Waals surface area contributed by atoms with Crippen molar-refractivity contribution >= 4 is 23.4 Å². The van der Waals surface area contributed by atoms with Crippen molar-refractivity contribution < 1.29 is 19.1 Å². The van der Waals surface area contributed by atoms with E-state index in [0.29, 0.717) is 11.4 Å². The number of hydrogen-bond acceptors (Lipinski definition) is 4. The molecule has 130 valence electrons. The molecule has 25 heavy (non-hydrogen) atoms. The van der Waals surface area contributed by atoms with Crippen LogP contribution in [0.2, 0.25) is 0 Å². The third kappa shape index (κ3) is 3.31. The number of carbonyl (C=O) groups is 2. The monoisotopic (exact) mass is 343 g/mol. The highest BCUT2D eigenvalue weighted by molar-refractivity contribution is 5.95. The SMILES string of the molecule is CN(c1ccccc1)c1ccc(C(=O)N2CCC(F)(C(=O)O)C2)cn1. The van der Waals surface area contributed by atoms with Crippen LogP contribution < -0.4 is 4.90 Å². The summed E-state index contributed by atoms with van der Waals surface area (Å²) in [5, 5.41) is 8.92. The molecule has 1 atom stereocenters. The maximum Gasteiger partial charge on any atom is 0.343 e. The van der Waals surface area contributed by atoms with Crippen LogP contribution in [0, 0.1) is 0 Å². The lowest BCUT2D eigenvalue weighted by molar-refractivity contribution is -0.149. The third-order valence-corrected chi connectivity index (χ3v) is 4.37. The first-order valence-corrected chi connectivity index (χ1v) is 7.87. The summed E-state index contributed by atoms with van der Waals surface area (Å²) < 4.78 is 14.1. The predicted molar refractivity (Wildman–Crippen MR) is 90.7 cm³/mol. The molecule has 2 heterocycles. The Balaban J connectivity index is 1.72. The van der Waals surface area contributed by atoms with Crippen LogP contribution in [-0.2, 0) is 4.79 Å². The van der Waals surface area contributed by atoms with Gasteiger partial charge in [0, 0.05) is 31.9 Å². The van der Waals surface area contributed by atoms with E-state index in [4.69, 9.17) is 5.11 Å². The summed E-state index contributed by atoms with van der Waals surface area (Å²) >= 11 is 0. The van der Waals surface area contributed by atoms with E-state index in [1.54, 1.807) is 12.1 Å². The topological polar surface area (TPSA) is 73.7 Å². The van der Waals surface area contributed by atoms with Crippen LogP contribution in [0.25, 0.3) is 0 Å². The van der Waals surface area contributed by atoms with Gasteiger partial charge in [-0.1, -0.05) is 18.2 Å². The number of hydrogen-bond donors (Lipinski definition) is 1. The van der Waals surface area contributed by atoms with Gasteiger partial charge in [-0.25, -0.2) is 14.2 Å². The highest BCUT2D eigenvalue weighted by Gasteiger charge is 2.47. The number of aliphatic carboxylic acids is 1. The summed E-state index contributed by atoms with van der Waals surface area (Å²) in [6.07, 6.45) is 1.23. The van der Waals surface area contributed by atoms with Gasteiger partial charge < -0.3 is 14.9 Å². The molecular weight excluding hydrogens is 325 g/mol. The molecular formula is C18H18FN3O3. The number of carbonyl (C=O) groups excluding carboxylic acids is 1. The smallest absolute Gasteiger partial charge is 0.343 e. The van der Waals surface area contributed by atoms with Crippen molar-refractivity contribution in [1.82, 2.24) is 9.88 Å². The minimum atomic E-state index is -2.36. The number of rotatable bonds is 4. The number of aromatic nitrogens is 1. The number of halogens is 1. The van der Waals surface area contributed by atoms with E-state index in [-0.39, 0.29) is 13.0 Å². The fraction of sp³-hybridized carbons (Fsp3) is 0.278. The number of amides is 1. The van der Waals surface area contributed by atoms with Gasteiger partial charge in [0.15, 0.2) is 0 Å². The molecule has 1 fully saturated rings. The Morgan fingerprint density at radius 2 is 1.96 bits per heavy atom. The maximum atomic E-state index is 14.1.